The van der Waals surface area contributed by atoms with Crippen LogP contribution >= 0.6 is 11.6 Å². The normalized spacial score (nSPS) is 15.1. The lowest BCUT2D eigenvalue weighted by atomic mass is 9.69. The van der Waals surface area contributed by atoms with Crippen LogP contribution in [0, 0.1) is 10.8 Å². The molecule has 1 aliphatic heterocycles. The van der Waals surface area contributed by atoms with Gasteiger partial charge in [-0.05, 0) is 37.6 Å². The van der Waals surface area contributed by atoms with Gasteiger partial charge < -0.3 is 19.1 Å². The Balaban J connectivity index is 1.52. The Morgan fingerprint density at radius 1 is 0.907 bits per heavy atom. The Bertz CT molecular complexity index is 1500. The molecule has 4 rings (SSSR count). The van der Waals surface area contributed by atoms with Crippen LogP contribution in [0.15, 0.2) is 65.7 Å². The molecule has 0 saturated carbocycles. The minimum atomic E-state index is -0.386. The van der Waals surface area contributed by atoms with E-state index < -0.39 is 0 Å². The first-order chi connectivity index (χ1) is 20.4. The quantitative estimate of drug-likeness (QED) is 0.195. The molecule has 3 aromatic rings. The standard InChI is InChI=1S/C35H41ClN2O5/c1-8-25-20-37-28-19-31(30(41-7)18-26(28)33(40)38(25)9-2)43-22-35(5,6)34(3,4)21-42-29-16-15-24(36)17-27(29)32(39)23-13-11-10-12-14-23/h10-20,25H,8-9,21-22H2,1-7H3. The summed E-state index contributed by atoms with van der Waals surface area (Å²) in [5.41, 5.74) is 1.27. The summed E-state index contributed by atoms with van der Waals surface area (Å²) < 4.78 is 18.3. The summed E-state index contributed by atoms with van der Waals surface area (Å²) in [5, 5.41) is 0.466. The summed E-state index contributed by atoms with van der Waals surface area (Å²) in [5.74, 6) is 1.25. The van der Waals surface area contributed by atoms with Crippen LogP contribution in [0.5, 0.6) is 17.2 Å². The van der Waals surface area contributed by atoms with E-state index in [0.717, 1.165) is 6.42 Å². The molecule has 0 fully saturated rings. The topological polar surface area (TPSA) is 77.4 Å². The molecule has 1 unspecified atom stereocenters. The third-order valence-corrected chi connectivity index (χ3v) is 8.78. The second-order valence-electron chi connectivity index (χ2n) is 12.0. The van der Waals surface area contributed by atoms with Gasteiger partial charge in [0.25, 0.3) is 5.91 Å². The highest BCUT2D eigenvalue weighted by molar-refractivity contribution is 6.31. The van der Waals surface area contributed by atoms with Crippen molar-refractivity contribution in [1.29, 1.82) is 0 Å². The lowest BCUT2D eigenvalue weighted by Crippen LogP contribution is -2.42. The Labute approximate surface area is 259 Å². The van der Waals surface area contributed by atoms with Crippen molar-refractivity contribution in [2.45, 2.75) is 54.0 Å². The monoisotopic (exact) mass is 604 g/mol. The molecule has 1 aliphatic rings. The van der Waals surface area contributed by atoms with Crippen LogP contribution in [0.25, 0.3) is 0 Å². The zero-order chi connectivity index (χ0) is 31.4. The van der Waals surface area contributed by atoms with E-state index in [4.69, 9.17) is 25.8 Å². The Kier molecular flexibility index (Phi) is 9.86. The Hall–Kier alpha value is -3.84. The summed E-state index contributed by atoms with van der Waals surface area (Å²) in [6, 6.07) is 17.6. The predicted molar refractivity (Wildman–Crippen MR) is 172 cm³/mol. The Morgan fingerprint density at radius 3 is 2.16 bits per heavy atom. The average molecular weight is 605 g/mol. The van der Waals surface area contributed by atoms with Gasteiger partial charge in [-0.3, -0.25) is 14.6 Å². The molecule has 0 saturated heterocycles. The molecule has 1 amide bonds. The van der Waals surface area contributed by atoms with Crippen LogP contribution < -0.4 is 14.2 Å². The van der Waals surface area contributed by atoms with E-state index in [2.05, 4.69) is 32.7 Å². The van der Waals surface area contributed by atoms with Crippen molar-refractivity contribution >= 4 is 35.2 Å². The molecule has 1 heterocycles. The predicted octanol–water partition coefficient (Wildman–Crippen LogP) is 8.05. The number of ether oxygens (including phenoxy) is 3. The number of nitrogens with zero attached hydrogens (tertiary/aromatic N) is 2. The van der Waals surface area contributed by atoms with Gasteiger partial charge in [0, 0.05) is 40.2 Å². The van der Waals surface area contributed by atoms with Crippen molar-refractivity contribution in [3.8, 4) is 17.2 Å². The van der Waals surface area contributed by atoms with Gasteiger partial charge in [0.2, 0.25) is 0 Å². The summed E-state index contributed by atoms with van der Waals surface area (Å²) >= 11 is 6.26. The maximum absolute atomic E-state index is 13.3. The van der Waals surface area contributed by atoms with Crippen LogP contribution in [0.4, 0.5) is 5.69 Å². The highest BCUT2D eigenvalue weighted by Gasteiger charge is 2.39. The molecule has 1 atom stereocenters. The highest BCUT2D eigenvalue weighted by atomic mass is 35.5. The van der Waals surface area contributed by atoms with Gasteiger partial charge in [0.05, 0.1) is 43.2 Å². The third-order valence-electron chi connectivity index (χ3n) is 8.55. The number of hydrogen-bond donors (Lipinski definition) is 0. The maximum atomic E-state index is 13.3. The SMILES string of the molecule is CCC1C=Nc2cc(OCC(C)(C)C(C)(C)COc3ccc(Cl)cc3C(=O)c3ccccc3)c(OC)cc2C(=O)N1CC. The van der Waals surface area contributed by atoms with E-state index >= 15 is 0 Å². The number of fused-ring (bicyclic) bond motifs is 1. The fourth-order valence-corrected chi connectivity index (χ4v) is 4.99. The maximum Gasteiger partial charge on any atom is 0.256 e. The molecule has 228 valence electrons. The number of carbonyl (C=O) groups is 2. The van der Waals surface area contributed by atoms with Gasteiger partial charge in [-0.25, -0.2) is 0 Å². The molecule has 0 aliphatic carbocycles. The zero-order valence-electron chi connectivity index (χ0n) is 26.1. The fourth-order valence-electron chi connectivity index (χ4n) is 4.81. The van der Waals surface area contributed by atoms with Crippen LogP contribution in [-0.2, 0) is 0 Å². The minimum absolute atomic E-state index is 0.0656. The number of aliphatic imine (C=N–C) groups is 1. The summed E-state index contributed by atoms with van der Waals surface area (Å²) in [4.78, 5) is 33.1. The molecule has 7 nitrogen and oxygen atoms in total. The van der Waals surface area contributed by atoms with E-state index in [1.807, 2.05) is 43.2 Å². The second-order valence-corrected chi connectivity index (χ2v) is 12.5. The van der Waals surface area contributed by atoms with Gasteiger partial charge in [-0.1, -0.05) is 76.6 Å². The number of methoxy groups -OCH3 is 1. The minimum Gasteiger partial charge on any atom is -0.493 e. The van der Waals surface area contributed by atoms with Gasteiger partial charge >= 0.3 is 0 Å². The van der Waals surface area contributed by atoms with Crippen LogP contribution in [0.1, 0.15) is 74.2 Å². The molecule has 0 radical (unpaired) electrons. The number of carbonyl (C=O) groups excluding carboxylic acids is 2. The van der Waals surface area contributed by atoms with E-state index in [1.165, 1.54) is 0 Å². The first-order valence-corrected chi connectivity index (χ1v) is 15.0. The summed E-state index contributed by atoms with van der Waals surface area (Å²) in [7, 11) is 1.56. The second kappa shape index (κ2) is 13.2. The number of amides is 1. The molecule has 0 bridgehead atoms. The fraction of sp³-hybridized carbons (Fsp3) is 0.400. The molecule has 3 aromatic carbocycles. The largest absolute Gasteiger partial charge is 0.493 e. The number of halogens is 1. The smallest absolute Gasteiger partial charge is 0.256 e. The summed E-state index contributed by atoms with van der Waals surface area (Å²) in [6.45, 7) is 13.7. The van der Waals surface area contributed by atoms with E-state index in [0.29, 0.717) is 64.4 Å². The summed E-state index contributed by atoms with van der Waals surface area (Å²) in [6.07, 6.45) is 2.61. The third kappa shape index (κ3) is 6.88. The van der Waals surface area contributed by atoms with Gasteiger partial charge in [0.1, 0.15) is 5.75 Å². The van der Waals surface area contributed by atoms with Crippen LogP contribution in [0.3, 0.4) is 0 Å². The highest BCUT2D eigenvalue weighted by Crippen LogP contribution is 2.42. The van der Waals surface area contributed by atoms with Crippen LogP contribution in [0.2, 0.25) is 5.02 Å². The van der Waals surface area contributed by atoms with Gasteiger partial charge in [0.15, 0.2) is 17.3 Å². The average Bonchev–Trinajstić information content (AvgIpc) is 3.13. The van der Waals surface area contributed by atoms with E-state index in [-0.39, 0.29) is 28.6 Å². The Morgan fingerprint density at radius 2 is 1.56 bits per heavy atom. The molecule has 43 heavy (non-hydrogen) atoms. The zero-order valence-corrected chi connectivity index (χ0v) is 26.8. The van der Waals surface area contributed by atoms with Crippen LogP contribution in [-0.4, -0.2) is 55.7 Å². The first-order valence-electron chi connectivity index (χ1n) is 14.6. The molecular formula is C35H41ClN2O5. The van der Waals surface area contributed by atoms with E-state index in [9.17, 15) is 9.59 Å². The number of ketones is 1. The van der Waals surface area contributed by atoms with Crippen molar-refractivity contribution in [1.82, 2.24) is 4.90 Å². The first kappa shape index (κ1) is 32.1. The molecule has 0 spiro atoms. The van der Waals surface area contributed by atoms with Crippen molar-refractivity contribution in [3.05, 3.63) is 82.4 Å². The molecule has 8 heteroatoms. The molecular weight excluding hydrogens is 564 g/mol. The van der Waals surface area contributed by atoms with Gasteiger partial charge in [-0.2, -0.15) is 0 Å². The number of rotatable bonds is 12. The van der Waals surface area contributed by atoms with Crippen molar-refractivity contribution < 1.29 is 23.8 Å². The molecule has 0 aromatic heterocycles. The molecule has 0 N–H and O–H groups in total. The van der Waals surface area contributed by atoms with E-state index in [1.54, 1.807) is 49.6 Å². The van der Waals surface area contributed by atoms with Crippen molar-refractivity contribution in [2.75, 3.05) is 26.9 Å². The van der Waals surface area contributed by atoms with Crippen molar-refractivity contribution in [2.24, 2.45) is 15.8 Å². The number of benzene rings is 3. The lowest BCUT2D eigenvalue weighted by Gasteiger charge is -2.41. The van der Waals surface area contributed by atoms with Gasteiger partial charge in [-0.15, -0.1) is 0 Å². The van der Waals surface area contributed by atoms with Crippen molar-refractivity contribution in [3.63, 3.8) is 0 Å². The lowest BCUT2D eigenvalue weighted by molar-refractivity contribution is 0.00949. The number of hydrogen-bond acceptors (Lipinski definition) is 6.